The van der Waals surface area contributed by atoms with Gasteiger partial charge < -0.3 is 23.1 Å². The summed E-state index contributed by atoms with van der Waals surface area (Å²) in [5.41, 5.74) is 3.89. The van der Waals surface area contributed by atoms with Gasteiger partial charge >= 0.3 is 0 Å². The lowest BCUT2D eigenvalue weighted by Crippen LogP contribution is -2.55. The molecule has 0 aliphatic heterocycles. The molecule has 3 rings (SSSR count). The molecule has 0 amide bonds. The van der Waals surface area contributed by atoms with Crippen molar-refractivity contribution in [3.05, 3.63) is 35.5 Å². The molecule has 1 N–H and O–H groups in total. The number of hydrogen-bond acceptors (Lipinski definition) is 5. The average molecular weight is 834 g/mol. The standard InChI is InChI=1S/C48H92O5Si3/c1-15-54(16-2,17-3)51-36-26-35-50-46-44(52-55(18-4,19-5)20-6)37-41(39(11)45(46)53-56(21-7,22-8)23-9)30-29-40-28-25-34-48(14)42(31-32-43(40)48)38(10)27-24-33-47(12,13)49/h29-30,38,42-46,49H,11,15-28,31-37H2,1-10,12-14H3/b40-29+,41-30-/t38-,42-,43+,44+,45+,46-,48-/m1/s1. The lowest BCUT2D eigenvalue weighted by atomic mass is 9.60. The molecule has 0 aromatic rings. The summed E-state index contributed by atoms with van der Waals surface area (Å²) in [4.78, 5) is 0. The molecule has 326 valence electrons. The fraction of sp³-hybridized carbons (Fsp3) is 0.875. The monoisotopic (exact) mass is 833 g/mol. The van der Waals surface area contributed by atoms with E-state index in [-0.39, 0.29) is 18.3 Å². The summed E-state index contributed by atoms with van der Waals surface area (Å²) in [5, 5.41) is 10.4. The minimum absolute atomic E-state index is 0.0347. The first-order valence-electron chi connectivity index (χ1n) is 24.0. The van der Waals surface area contributed by atoms with Crippen LogP contribution in [-0.2, 0) is 18.0 Å². The molecular formula is C48H92O5Si3. The van der Waals surface area contributed by atoms with Crippen molar-refractivity contribution in [1.82, 2.24) is 0 Å². The van der Waals surface area contributed by atoms with E-state index in [1.807, 2.05) is 13.8 Å². The summed E-state index contributed by atoms with van der Waals surface area (Å²) in [6.45, 7) is 36.3. The molecule has 0 aromatic carbocycles. The highest BCUT2D eigenvalue weighted by molar-refractivity contribution is 6.74. The van der Waals surface area contributed by atoms with Crippen LogP contribution in [0.1, 0.15) is 154 Å². The van der Waals surface area contributed by atoms with Crippen molar-refractivity contribution in [2.75, 3.05) is 13.2 Å². The molecule has 8 heteroatoms. The Morgan fingerprint density at radius 2 is 1.38 bits per heavy atom. The molecule has 0 saturated heterocycles. The van der Waals surface area contributed by atoms with E-state index in [1.54, 1.807) is 5.57 Å². The fourth-order valence-electron chi connectivity index (χ4n) is 11.4. The van der Waals surface area contributed by atoms with Crippen LogP contribution in [0.5, 0.6) is 0 Å². The van der Waals surface area contributed by atoms with Gasteiger partial charge in [-0.2, -0.15) is 0 Å². The molecule has 3 aliphatic carbocycles. The molecular weight excluding hydrogens is 741 g/mol. The topological polar surface area (TPSA) is 57.2 Å². The maximum absolute atomic E-state index is 10.4. The van der Waals surface area contributed by atoms with E-state index in [9.17, 15) is 5.11 Å². The quantitative estimate of drug-likeness (QED) is 0.0733. The molecule has 0 aromatic heterocycles. The lowest BCUT2D eigenvalue weighted by Gasteiger charge is -2.47. The Morgan fingerprint density at radius 1 is 0.804 bits per heavy atom. The van der Waals surface area contributed by atoms with Crippen LogP contribution < -0.4 is 0 Å². The summed E-state index contributed by atoms with van der Waals surface area (Å²) in [7, 11) is -5.60. The highest BCUT2D eigenvalue weighted by Crippen LogP contribution is 2.60. The number of rotatable bonds is 25. The number of ether oxygens (including phenoxy) is 1. The average Bonchev–Trinajstić information content (AvgIpc) is 3.56. The van der Waals surface area contributed by atoms with Gasteiger partial charge in [-0.3, -0.25) is 0 Å². The maximum Gasteiger partial charge on any atom is 0.193 e. The number of fused-ring (bicyclic) bond motifs is 1. The van der Waals surface area contributed by atoms with Crippen molar-refractivity contribution in [3.8, 4) is 0 Å². The first-order valence-corrected chi connectivity index (χ1v) is 31.5. The molecule has 3 aliphatic rings. The van der Waals surface area contributed by atoms with Crippen LogP contribution >= 0.6 is 0 Å². The third kappa shape index (κ3) is 12.4. The molecule has 0 unspecified atom stereocenters. The van der Waals surface area contributed by atoms with Crippen LogP contribution in [-0.4, -0.2) is 67.2 Å². The molecule has 7 atom stereocenters. The second kappa shape index (κ2) is 22.5. The van der Waals surface area contributed by atoms with Crippen LogP contribution in [0.2, 0.25) is 54.4 Å². The third-order valence-electron chi connectivity index (χ3n) is 16.1. The van der Waals surface area contributed by atoms with Crippen LogP contribution in [0, 0.1) is 23.2 Å². The van der Waals surface area contributed by atoms with Gasteiger partial charge in [0.05, 0.1) is 17.8 Å². The predicted octanol–water partition coefficient (Wildman–Crippen LogP) is 14.2. The fourth-order valence-corrected chi connectivity index (χ4v) is 19.7. The van der Waals surface area contributed by atoms with Gasteiger partial charge in [0.2, 0.25) is 0 Å². The summed E-state index contributed by atoms with van der Waals surface area (Å²) >= 11 is 0. The zero-order valence-corrected chi connectivity index (χ0v) is 42.3. The van der Waals surface area contributed by atoms with Crippen molar-refractivity contribution in [1.29, 1.82) is 0 Å². The van der Waals surface area contributed by atoms with Crippen molar-refractivity contribution < 1.29 is 23.1 Å². The summed E-state index contributed by atoms with van der Waals surface area (Å²) in [6, 6.07) is 10.2. The van der Waals surface area contributed by atoms with Gasteiger partial charge in [-0.15, -0.1) is 0 Å². The zero-order valence-electron chi connectivity index (χ0n) is 39.3. The highest BCUT2D eigenvalue weighted by atomic mass is 28.4. The van der Waals surface area contributed by atoms with Gasteiger partial charge in [-0.05, 0) is 148 Å². The van der Waals surface area contributed by atoms with E-state index in [1.165, 1.54) is 62.2 Å². The molecule has 3 fully saturated rings. The zero-order chi connectivity index (χ0) is 41.8. The van der Waals surface area contributed by atoms with Crippen molar-refractivity contribution in [2.24, 2.45) is 23.2 Å². The Morgan fingerprint density at radius 3 is 1.93 bits per heavy atom. The number of allylic oxidation sites excluding steroid dienone is 3. The van der Waals surface area contributed by atoms with Gasteiger partial charge in [-0.25, -0.2) is 0 Å². The summed E-state index contributed by atoms with van der Waals surface area (Å²) in [5.74, 6) is 2.10. The second-order valence-electron chi connectivity index (χ2n) is 19.4. The smallest absolute Gasteiger partial charge is 0.193 e. The Kier molecular flexibility index (Phi) is 20.1. The van der Waals surface area contributed by atoms with Crippen LogP contribution in [0.4, 0.5) is 0 Å². The van der Waals surface area contributed by atoms with Crippen molar-refractivity contribution >= 4 is 25.0 Å². The largest absolute Gasteiger partial charge is 0.417 e. The first kappa shape index (κ1) is 50.0. The van der Waals surface area contributed by atoms with E-state index < -0.39 is 30.6 Å². The summed E-state index contributed by atoms with van der Waals surface area (Å²) in [6.07, 6.45) is 16.0. The maximum atomic E-state index is 10.4. The van der Waals surface area contributed by atoms with Crippen LogP contribution in [0.25, 0.3) is 0 Å². The SMILES string of the molecule is C=C1/C(=C\C=C2/CCC[C@]3(C)[C@@H]([C@H](C)CCCC(C)(C)O)CC[C@@H]23)C[C@H](O[Si](CC)(CC)CC)[C@@H](OCCCO[Si](CC)(CC)CC)[C@H]1O[Si](CC)(CC)CC. The Balaban J connectivity index is 1.97. The van der Waals surface area contributed by atoms with Gasteiger partial charge in [0, 0.05) is 19.6 Å². The van der Waals surface area contributed by atoms with Gasteiger partial charge in [0.25, 0.3) is 0 Å². The molecule has 56 heavy (non-hydrogen) atoms. The Labute approximate surface area is 351 Å². The Bertz CT molecular complexity index is 1220. The molecule has 0 spiro atoms. The number of aliphatic hydroxyl groups is 1. The van der Waals surface area contributed by atoms with Crippen LogP contribution in [0.15, 0.2) is 35.5 Å². The van der Waals surface area contributed by atoms with E-state index in [0.29, 0.717) is 23.9 Å². The minimum atomic E-state index is -2.01. The lowest BCUT2D eigenvalue weighted by molar-refractivity contribution is -0.0871. The molecule has 5 nitrogen and oxygen atoms in total. The first-order chi connectivity index (χ1) is 26.5. The van der Waals surface area contributed by atoms with E-state index in [0.717, 1.165) is 80.0 Å². The second-order valence-corrected chi connectivity index (χ2v) is 33.6. The Hall–Kier alpha value is -0.329. The predicted molar refractivity (Wildman–Crippen MR) is 249 cm³/mol. The normalized spacial score (nSPS) is 28.7. The van der Waals surface area contributed by atoms with Gasteiger partial charge in [-0.1, -0.05) is 113 Å². The molecule has 0 radical (unpaired) electrons. The minimum Gasteiger partial charge on any atom is -0.417 e. The van der Waals surface area contributed by atoms with Gasteiger partial charge in [0.15, 0.2) is 25.0 Å². The molecule has 3 saturated carbocycles. The number of hydrogen-bond donors (Lipinski definition) is 1. The van der Waals surface area contributed by atoms with Crippen molar-refractivity contribution in [3.63, 3.8) is 0 Å². The van der Waals surface area contributed by atoms with Crippen molar-refractivity contribution in [2.45, 2.75) is 233 Å². The summed E-state index contributed by atoms with van der Waals surface area (Å²) < 4.78 is 28.7. The third-order valence-corrected chi connectivity index (χ3v) is 30.1. The van der Waals surface area contributed by atoms with Crippen LogP contribution in [0.3, 0.4) is 0 Å². The highest BCUT2D eigenvalue weighted by Gasteiger charge is 2.51. The molecule has 0 bridgehead atoms. The molecule has 0 heterocycles. The van der Waals surface area contributed by atoms with E-state index in [4.69, 9.17) is 24.6 Å². The van der Waals surface area contributed by atoms with Gasteiger partial charge in [0.1, 0.15) is 6.10 Å². The van der Waals surface area contributed by atoms with E-state index >= 15 is 0 Å². The van der Waals surface area contributed by atoms with E-state index in [2.05, 4.69) is 88.3 Å².